The molecular formula is C13H10BrFN2O. The first kappa shape index (κ1) is 12.7. The molecule has 2 aromatic rings. The second-order valence-corrected chi connectivity index (χ2v) is 4.60. The molecule has 0 unspecified atom stereocenters. The van der Waals surface area contributed by atoms with Gasteiger partial charge in [0.1, 0.15) is 0 Å². The van der Waals surface area contributed by atoms with Crippen LogP contribution in [0.3, 0.4) is 0 Å². The fourth-order valence-electron chi connectivity index (χ4n) is 1.44. The minimum atomic E-state index is -0.599. The van der Waals surface area contributed by atoms with E-state index in [4.69, 9.17) is 0 Å². The Hall–Kier alpha value is -1.75. The third-order valence-corrected chi connectivity index (χ3v) is 2.82. The highest BCUT2D eigenvalue weighted by Gasteiger charge is 2.05. The number of carbonyl (C=O) groups excluding carboxylic acids is 1. The number of amides is 1. The van der Waals surface area contributed by atoms with Gasteiger partial charge < -0.3 is 5.32 Å². The fourth-order valence-corrected chi connectivity index (χ4v) is 1.89. The van der Waals surface area contributed by atoms with E-state index in [0.717, 1.165) is 16.1 Å². The number of pyridine rings is 1. The van der Waals surface area contributed by atoms with Crippen LogP contribution < -0.4 is 5.32 Å². The third kappa shape index (κ3) is 3.37. The van der Waals surface area contributed by atoms with Crippen molar-refractivity contribution in [2.45, 2.75) is 6.54 Å². The minimum Gasteiger partial charge on any atom is -0.348 e. The van der Waals surface area contributed by atoms with Crippen molar-refractivity contribution in [3.05, 3.63) is 64.1 Å². The van der Waals surface area contributed by atoms with Crippen LogP contribution in [0.5, 0.6) is 0 Å². The molecular weight excluding hydrogens is 299 g/mol. The zero-order valence-electron chi connectivity index (χ0n) is 9.36. The average Bonchev–Trinajstić information content (AvgIpc) is 2.37. The van der Waals surface area contributed by atoms with Gasteiger partial charge in [-0.15, -0.1) is 0 Å². The maximum atomic E-state index is 12.6. The van der Waals surface area contributed by atoms with Crippen LogP contribution in [0.1, 0.15) is 15.9 Å². The molecule has 0 aliphatic carbocycles. The molecule has 1 N–H and O–H groups in total. The number of nitrogens with one attached hydrogen (secondary N) is 1. The van der Waals surface area contributed by atoms with E-state index in [2.05, 4.69) is 26.2 Å². The number of carbonyl (C=O) groups is 1. The summed E-state index contributed by atoms with van der Waals surface area (Å²) < 4.78 is 13.6. The van der Waals surface area contributed by atoms with E-state index < -0.39 is 5.95 Å². The van der Waals surface area contributed by atoms with Crippen molar-refractivity contribution in [1.82, 2.24) is 10.3 Å². The van der Waals surface area contributed by atoms with E-state index in [9.17, 15) is 9.18 Å². The fraction of sp³-hybridized carbons (Fsp3) is 0.0769. The van der Waals surface area contributed by atoms with Crippen molar-refractivity contribution in [3.8, 4) is 0 Å². The van der Waals surface area contributed by atoms with Gasteiger partial charge in [-0.05, 0) is 29.8 Å². The zero-order chi connectivity index (χ0) is 13.0. The number of hydrogen-bond acceptors (Lipinski definition) is 2. The quantitative estimate of drug-likeness (QED) is 0.886. The first-order valence-electron chi connectivity index (χ1n) is 5.29. The molecule has 0 spiro atoms. The second-order valence-electron chi connectivity index (χ2n) is 3.68. The lowest BCUT2D eigenvalue weighted by Gasteiger charge is -2.05. The van der Waals surface area contributed by atoms with Crippen LogP contribution in [-0.4, -0.2) is 10.9 Å². The number of hydrogen-bond donors (Lipinski definition) is 1. The lowest BCUT2D eigenvalue weighted by molar-refractivity contribution is 0.0950. The Kier molecular flexibility index (Phi) is 4.04. The van der Waals surface area contributed by atoms with Gasteiger partial charge in [0.25, 0.3) is 5.91 Å². The van der Waals surface area contributed by atoms with Gasteiger partial charge in [0.15, 0.2) is 0 Å². The van der Waals surface area contributed by atoms with Crippen molar-refractivity contribution in [1.29, 1.82) is 0 Å². The molecule has 0 aliphatic rings. The van der Waals surface area contributed by atoms with Crippen LogP contribution >= 0.6 is 15.9 Å². The van der Waals surface area contributed by atoms with E-state index in [1.165, 1.54) is 12.3 Å². The Labute approximate surface area is 112 Å². The summed E-state index contributed by atoms with van der Waals surface area (Å²) in [4.78, 5) is 15.2. The van der Waals surface area contributed by atoms with E-state index in [1.54, 1.807) is 0 Å². The van der Waals surface area contributed by atoms with Crippen molar-refractivity contribution >= 4 is 21.8 Å². The van der Waals surface area contributed by atoms with Gasteiger partial charge in [-0.1, -0.05) is 28.1 Å². The van der Waals surface area contributed by atoms with E-state index in [-0.39, 0.29) is 5.91 Å². The van der Waals surface area contributed by atoms with Crippen LogP contribution in [0, 0.1) is 5.95 Å². The normalized spacial score (nSPS) is 10.1. The van der Waals surface area contributed by atoms with Gasteiger partial charge >= 0.3 is 0 Å². The predicted molar refractivity (Wildman–Crippen MR) is 69.5 cm³/mol. The highest BCUT2D eigenvalue weighted by Crippen LogP contribution is 2.11. The molecule has 3 nitrogen and oxygen atoms in total. The first-order valence-corrected chi connectivity index (χ1v) is 6.08. The van der Waals surface area contributed by atoms with Gasteiger partial charge in [0, 0.05) is 17.2 Å². The molecule has 0 atom stereocenters. The average molecular weight is 309 g/mol. The summed E-state index contributed by atoms with van der Waals surface area (Å²) in [5.74, 6) is -0.874. The Bertz CT molecular complexity index is 557. The van der Waals surface area contributed by atoms with Gasteiger partial charge in [-0.25, -0.2) is 4.98 Å². The summed E-state index contributed by atoms with van der Waals surface area (Å²) in [5.41, 5.74) is 1.32. The molecule has 5 heteroatoms. The topological polar surface area (TPSA) is 42.0 Å². The lowest BCUT2D eigenvalue weighted by atomic mass is 10.2. The Morgan fingerprint density at radius 2 is 2.17 bits per heavy atom. The molecule has 1 heterocycles. The van der Waals surface area contributed by atoms with Crippen molar-refractivity contribution in [2.24, 2.45) is 0 Å². The standard InChI is InChI=1S/C13H10BrFN2O/c14-11-3-1-2-9(6-11)7-17-13(18)10-4-5-12(15)16-8-10/h1-6,8H,7H2,(H,17,18). The van der Waals surface area contributed by atoms with Crippen LogP contribution in [0.15, 0.2) is 47.1 Å². The highest BCUT2D eigenvalue weighted by atomic mass is 79.9. The number of aromatic nitrogens is 1. The minimum absolute atomic E-state index is 0.275. The summed E-state index contributed by atoms with van der Waals surface area (Å²) in [6.07, 6.45) is 1.21. The first-order chi connectivity index (χ1) is 8.65. The Morgan fingerprint density at radius 3 is 2.83 bits per heavy atom. The van der Waals surface area contributed by atoms with E-state index >= 15 is 0 Å². The molecule has 0 bridgehead atoms. The smallest absolute Gasteiger partial charge is 0.253 e. The van der Waals surface area contributed by atoms with Gasteiger partial charge in [-0.2, -0.15) is 4.39 Å². The van der Waals surface area contributed by atoms with Crippen molar-refractivity contribution < 1.29 is 9.18 Å². The summed E-state index contributed by atoms with van der Waals surface area (Å²) in [6.45, 7) is 0.412. The predicted octanol–water partition coefficient (Wildman–Crippen LogP) is 2.91. The van der Waals surface area contributed by atoms with Gasteiger partial charge in [0.2, 0.25) is 5.95 Å². The molecule has 0 radical (unpaired) electrons. The summed E-state index contributed by atoms with van der Waals surface area (Å²) in [7, 11) is 0. The Morgan fingerprint density at radius 1 is 1.33 bits per heavy atom. The van der Waals surface area contributed by atoms with Crippen LogP contribution in [0.2, 0.25) is 0 Å². The molecule has 92 valence electrons. The maximum absolute atomic E-state index is 12.6. The maximum Gasteiger partial charge on any atom is 0.253 e. The van der Waals surface area contributed by atoms with Crippen LogP contribution in [-0.2, 0) is 6.54 Å². The van der Waals surface area contributed by atoms with Crippen molar-refractivity contribution in [3.63, 3.8) is 0 Å². The number of benzene rings is 1. The van der Waals surface area contributed by atoms with Crippen LogP contribution in [0.25, 0.3) is 0 Å². The lowest BCUT2D eigenvalue weighted by Crippen LogP contribution is -2.22. The third-order valence-electron chi connectivity index (χ3n) is 2.33. The summed E-state index contributed by atoms with van der Waals surface area (Å²) in [6, 6.07) is 10.2. The highest BCUT2D eigenvalue weighted by molar-refractivity contribution is 9.10. The SMILES string of the molecule is O=C(NCc1cccc(Br)c1)c1ccc(F)nc1. The van der Waals surface area contributed by atoms with Crippen LogP contribution in [0.4, 0.5) is 4.39 Å². The molecule has 0 saturated heterocycles. The molecule has 0 saturated carbocycles. The van der Waals surface area contributed by atoms with Crippen molar-refractivity contribution in [2.75, 3.05) is 0 Å². The van der Waals surface area contributed by atoms with E-state index in [0.29, 0.717) is 12.1 Å². The molecule has 18 heavy (non-hydrogen) atoms. The molecule has 0 aliphatic heterocycles. The number of halogens is 2. The number of nitrogens with zero attached hydrogens (tertiary/aromatic N) is 1. The molecule has 1 aromatic carbocycles. The van der Waals surface area contributed by atoms with E-state index in [1.807, 2.05) is 24.3 Å². The molecule has 2 rings (SSSR count). The summed E-state index contributed by atoms with van der Waals surface area (Å²) >= 11 is 3.36. The molecule has 1 aromatic heterocycles. The Balaban J connectivity index is 1.98. The largest absolute Gasteiger partial charge is 0.348 e. The second kappa shape index (κ2) is 5.73. The number of rotatable bonds is 3. The van der Waals surface area contributed by atoms with Gasteiger partial charge in [0.05, 0.1) is 5.56 Å². The zero-order valence-corrected chi connectivity index (χ0v) is 10.9. The summed E-state index contributed by atoms with van der Waals surface area (Å²) in [5, 5.41) is 2.74. The monoisotopic (exact) mass is 308 g/mol. The van der Waals surface area contributed by atoms with Gasteiger partial charge in [-0.3, -0.25) is 4.79 Å². The molecule has 0 fully saturated rings. The molecule has 1 amide bonds.